The van der Waals surface area contributed by atoms with Crippen LogP contribution >= 0.6 is 0 Å². The zero-order chi connectivity index (χ0) is 14.6. The molecular weight excluding hydrogens is 238 g/mol. The van der Waals surface area contributed by atoms with E-state index in [0.29, 0.717) is 0 Å². The van der Waals surface area contributed by atoms with E-state index in [2.05, 4.69) is 44.3 Å². The molecule has 0 bridgehead atoms. The van der Waals surface area contributed by atoms with Gasteiger partial charge in [-0.25, -0.2) is 0 Å². The lowest BCUT2D eigenvalue weighted by Gasteiger charge is -2.40. The van der Waals surface area contributed by atoms with Crippen LogP contribution in [0.1, 0.15) is 39.3 Å². The zero-order valence-electron chi connectivity index (χ0n) is 12.9. The maximum Gasteiger partial charge on any atom is 0.124 e. The van der Waals surface area contributed by atoms with E-state index >= 15 is 0 Å². The topological polar surface area (TPSA) is 50.5 Å². The summed E-state index contributed by atoms with van der Waals surface area (Å²) < 4.78 is 5.89. The smallest absolute Gasteiger partial charge is 0.124 e. The van der Waals surface area contributed by atoms with E-state index in [1.54, 1.807) is 0 Å². The van der Waals surface area contributed by atoms with Gasteiger partial charge < -0.3 is 9.64 Å². The molecule has 1 atom stereocenters. The summed E-state index contributed by atoms with van der Waals surface area (Å²) in [6.45, 7) is 8.37. The predicted octanol–water partition coefficient (Wildman–Crippen LogP) is 2.32. The Morgan fingerprint density at radius 1 is 1.21 bits per heavy atom. The number of rotatable bonds is 6. The minimum atomic E-state index is -0.134. The summed E-state index contributed by atoms with van der Waals surface area (Å²) in [5.74, 6) is 6.68. The summed E-state index contributed by atoms with van der Waals surface area (Å²) >= 11 is 0. The van der Waals surface area contributed by atoms with E-state index in [1.807, 2.05) is 32.0 Å². The number of likely N-dealkylation sites (N-methyl/N-ethyl adjacent to an activating group) is 1. The molecule has 1 rings (SSSR count). The van der Waals surface area contributed by atoms with Gasteiger partial charge in [0, 0.05) is 11.1 Å². The van der Waals surface area contributed by atoms with Gasteiger partial charge in [-0.15, -0.1) is 0 Å². The lowest BCUT2D eigenvalue weighted by Crippen LogP contribution is -2.51. The van der Waals surface area contributed by atoms with Crippen LogP contribution < -0.4 is 16.0 Å². The first kappa shape index (κ1) is 16.0. The first-order chi connectivity index (χ1) is 8.80. The Balaban J connectivity index is 3.18. The highest BCUT2D eigenvalue weighted by Crippen LogP contribution is 2.34. The molecule has 1 aromatic rings. The fraction of sp³-hybridized carbons (Fsp3) is 0.600. The molecule has 0 aliphatic carbocycles. The maximum absolute atomic E-state index is 5.89. The minimum absolute atomic E-state index is 0.0163. The van der Waals surface area contributed by atoms with Gasteiger partial charge >= 0.3 is 0 Å². The summed E-state index contributed by atoms with van der Waals surface area (Å²) in [6.07, 6.45) is 0.141. The number of nitrogens with one attached hydrogen (secondary N) is 1. The molecule has 108 valence electrons. The van der Waals surface area contributed by atoms with Crippen LogP contribution in [-0.2, 0) is 0 Å². The molecule has 0 radical (unpaired) electrons. The first-order valence-corrected chi connectivity index (χ1v) is 6.69. The van der Waals surface area contributed by atoms with Gasteiger partial charge in [0.2, 0.25) is 0 Å². The van der Waals surface area contributed by atoms with Gasteiger partial charge in [0.1, 0.15) is 5.75 Å². The van der Waals surface area contributed by atoms with E-state index in [-0.39, 0.29) is 17.7 Å². The second-order valence-corrected chi connectivity index (χ2v) is 5.85. The lowest BCUT2D eigenvalue weighted by atomic mass is 9.87. The van der Waals surface area contributed by atoms with Crippen LogP contribution in [0.5, 0.6) is 5.75 Å². The molecule has 0 aliphatic heterocycles. The van der Waals surface area contributed by atoms with Gasteiger partial charge in [-0.1, -0.05) is 18.2 Å². The molecule has 4 nitrogen and oxygen atoms in total. The first-order valence-electron chi connectivity index (χ1n) is 6.69. The average Bonchev–Trinajstić information content (AvgIpc) is 2.31. The molecule has 1 aromatic carbocycles. The van der Waals surface area contributed by atoms with Crippen LogP contribution in [0.4, 0.5) is 0 Å². The van der Waals surface area contributed by atoms with E-state index < -0.39 is 0 Å². The lowest BCUT2D eigenvalue weighted by molar-refractivity contribution is 0.134. The van der Waals surface area contributed by atoms with Gasteiger partial charge in [-0.2, -0.15) is 0 Å². The van der Waals surface area contributed by atoms with E-state index in [1.165, 1.54) is 0 Å². The van der Waals surface area contributed by atoms with Gasteiger partial charge in [-0.05, 0) is 47.9 Å². The molecule has 3 N–H and O–H groups in total. The summed E-state index contributed by atoms with van der Waals surface area (Å²) in [4.78, 5) is 2.16. The van der Waals surface area contributed by atoms with E-state index in [4.69, 9.17) is 10.6 Å². The molecule has 0 saturated heterocycles. The molecule has 1 unspecified atom stereocenters. The van der Waals surface area contributed by atoms with Crippen LogP contribution in [0.15, 0.2) is 24.3 Å². The third-order valence-electron chi connectivity index (χ3n) is 3.62. The molecule has 19 heavy (non-hydrogen) atoms. The molecule has 0 aliphatic rings. The highest BCUT2D eigenvalue weighted by atomic mass is 16.5. The third-order valence-corrected chi connectivity index (χ3v) is 3.62. The van der Waals surface area contributed by atoms with Crippen molar-refractivity contribution in [3.63, 3.8) is 0 Å². The highest BCUT2D eigenvalue weighted by molar-refractivity contribution is 5.37. The van der Waals surface area contributed by atoms with Crippen LogP contribution in [0.3, 0.4) is 0 Å². The molecule has 0 spiro atoms. The largest absolute Gasteiger partial charge is 0.491 e. The number of hydrogen-bond acceptors (Lipinski definition) is 4. The normalized spacial score (nSPS) is 13.9. The second-order valence-electron chi connectivity index (χ2n) is 5.85. The van der Waals surface area contributed by atoms with Gasteiger partial charge in [0.15, 0.2) is 0 Å². The Morgan fingerprint density at radius 3 is 2.26 bits per heavy atom. The Hall–Kier alpha value is -1.10. The number of ether oxygens (including phenoxy) is 1. The number of hydrogen-bond donors (Lipinski definition) is 2. The number of para-hydroxylation sites is 1. The van der Waals surface area contributed by atoms with E-state index in [0.717, 1.165) is 11.3 Å². The molecule has 0 heterocycles. The fourth-order valence-corrected chi connectivity index (χ4v) is 2.01. The quantitative estimate of drug-likeness (QED) is 0.612. The maximum atomic E-state index is 5.89. The Kier molecular flexibility index (Phi) is 5.35. The molecule has 0 aromatic heterocycles. The monoisotopic (exact) mass is 265 g/mol. The number of hydrazine groups is 1. The Bertz CT molecular complexity index is 402. The summed E-state index contributed by atoms with van der Waals surface area (Å²) in [5, 5.41) is 0. The Morgan fingerprint density at radius 2 is 1.79 bits per heavy atom. The minimum Gasteiger partial charge on any atom is -0.491 e. The van der Waals surface area contributed by atoms with Crippen molar-refractivity contribution in [2.75, 3.05) is 14.1 Å². The SMILES string of the molecule is CC(C)Oc1ccccc1C(NN)C(C)(C)N(C)C. The molecule has 0 saturated carbocycles. The van der Waals surface area contributed by atoms with Crippen LogP contribution in [0.2, 0.25) is 0 Å². The van der Waals surface area contributed by atoms with Crippen molar-refractivity contribution in [3.05, 3.63) is 29.8 Å². The van der Waals surface area contributed by atoms with Crippen molar-refractivity contribution in [3.8, 4) is 5.75 Å². The molecule has 0 amide bonds. The second kappa shape index (κ2) is 6.37. The summed E-state index contributed by atoms with van der Waals surface area (Å²) in [7, 11) is 4.10. The standard InChI is InChI=1S/C15H27N3O/c1-11(2)19-13-10-8-7-9-12(13)14(17-16)15(3,4)18(5)6/h7-11,14,17H,16H2,1-6H3. The van der Waals surface area contributed by atoms with Gasteiger partial charge in [0.25, 0.3) is 0 Å². The number of nitrogens with zero attached hydrogens (tertiary/aromatic N) is 1. The Labute approximate surface area is 116 Å². The number of benzene rings is 1. The number of nitrogens with two attached hydrogens (primary N) is 1. The van der Waals surface area contributed by atoms with Crippen LogP contribution in [0, 0.1) is 0 Å². The van der Waals surface area contributed by atoms with Gasteiger partial charge in [0.05, 0.1) is 12.1 Å². The summed E-state index contributed by atoms with van der Waals surface area (Å²) in [5.41, 5.74) is 3.88. The van der Waals surface area contributed by atoms with Crippen molar-refractivity contribution in [2.45, 2.75) is 45.4 Å². The van der Waals surface area contributed by atoms with Crippen molar-refractivity contribution < 1.29 is 4.74 Å². The van der Waals surface area contributed by atoms with Crippen molar-refractivity contribution in [1.29, 1.82) is 0 Å². The van der Waals surface area contributed by atoms with Crippen molar-refractivity contribution in [1.82, 2.24) is 10.3 Å². The average molecular weight is 265 g/mol. The third kappa shape index (κ3) is 3.69. The van der Waals surface area contributed by atoms with E-state index in [9.17, 15) is 0 Å². The van der Waals surface area contributed by atoms with Crippen LogP contribution in [-0.4, -0.2) is 30.6 Å². The molecule has 4 heteroatoms. The predicted molar refractivity (Wildman–Crippen MR) is 80.0 cm³/mol. The molecule has 0 fully saturated rings. The zero-order valence-corrected chi connectivity index (χ0v) is 12.9. The van der Waals surface area contributed by atoms with Crippen molar-refractivity contribution >= 4 is 0 Å². The molecular formula is C15H27N3O. The summed E-state index contributed by atoms with van der Waals surface area (Å²) in [6, 6.07) is 8.03. The van der Waals surface area contributed by atoms with Crippen LogP contribution in [0.25, 0.3) is 0 Å². The highest BCUT2D eigenvalue weighted by Gasteiger charge is 2.33. The van der Waals surface area contributed by atoms with Crippen molar-refractivity contribution in [2.24, 2.45) is 5.84 Å². The fourth-order valence-electron chi connectivity index (χ4n) is 2.01. The van der Waals surface area contributed by atoms with Gasteiger partial charge in [-0.3, -0.25) is 11.3 Å².